The van der Waals surface area contributed by atoms with Gasteiger partial charge in [0, 0.05) is 11.8 Å². The van der Waals surface area contributed by atoms with Crippen LogP contribution in [0.4, 0.5) is 0 Å². The van der Waals surface area contributed by atoms with E-state index in [0.717, 1.165) is 28.7 Å². The molecule has 0 saturated carbocycles. The summed E-state index contributed by atoms with van der Waals surface area (Å²) in [5.41, 5.74) is 5.09. The number of rotatable bonds is 6. The lowest BCUT2D eigenvalue weighted by atomic mass is 9.97. The third-order valence-corrected chi connectivity index (χ3v) is 4.84. The molecular weight excluding hydrogens is 318 g/mol. The number of imidazole rings is 1. The van der Waals surface area contributed by atoms with Crippen molar-refractivity contribution in [2.24, 2.45) is 0 Å². The first kappa shape index (κ1) is 16.9. The van der Waals surface area contributed by atoms with Crippen molar-refractivity contribution in [3.63, 3.8) is 0 Å². The van der Waals surface area contributed by atoms with E-state index in [1.54, 1.807) is 11.9 Å². The van der Waals surface area contributed by atoms with Gasteiger partial charge in [0.1, 0.15) is 0 Å². The summed E-state index contributed by atoms with van der Waals surface area (Å²) in [5, 5.41) is 0.592. The van der Waals surface area contributed by atoms with Gasteiger partial charge in [-0.25, -0.2) is 4.79 Å². The summed E-state index contributed by atoms with van der Waals surface area (Å²) in [6.45, 7) is 7.57. The second-order valence-electron chi connectivity index (χ2n) is 6.38. The van der Waals surface area contributed by atoms with Crippen molar-refractivity contribution < 1.29 is 0 Å². The predicted molar refractivity (Wildman–Crippen MR) is 104 cm³/mol. The normalized spacial score (nSPS) is 12.8. The monoisotopic (exact) mass is 341 g/mol. The van der Waals surface area contributed by atoms with E-state index in [2.05, 4.69) is 59.7 Å². The van der Waals surface area contributed by atoms with Crippen LogP contribution < -0.4 is 10.4 Å². The molecule has 1 aromatic heterocycles. The fraction of sp³-hybridized carbons (Fsp3) is 0.316. The van der Waals surface area contributed by atoms with Crippen LogP contribution in [0.25, 0.3) is 22.2 Å². The number of aromatic nitrogens is 2. The lowest BCUT2D eigenvalue weighted by Gasteiger charge is -2.14. The van der Waals surface area contributed by atoms with Crippen molar-refractivity contribution in [2.75, 3.05) is 6.54 Å². The Kier molecular flexibility index (Phi) is 5.11. The fourth-order valence-corrected chi connectivity index (χ4v) is 3.35. The van der Waals surface area contributed by atoms with Gasteiger partial charge in [-0.05, 0) is 34.7 Å². The number of hydrogen-bond donors (Lipinski definition) is 3. The van der Waals surface area contributed by atoms with Gasteiger partial charge in [-0.2, -0.15) is 0 Å². The molecule has 1 atom stereocenters. The highest BCUT2D eigenvalue weighted by molar-refractivity contribution is 7.97. The molecule has 0 bridgehead atoms. The van der Waals surface area contributed by atoms with Gasteiger partial charge >= 0.3 is 5.69 Å². The van der Waals surface area contributed by atoms with Gasteiger partial charge in [0.15, 0.2) is 0 Å². The van der Waals surface area contributed by atoms with Crippen LogP contribution in [0, 0.1) is 0 Å². The molecule has 0 amide bonds. The molecule has 1 heterocycles. The number of H-pyrrole nitrogens is 2. The highest BCUT2D eigenvalue weighted by Crippen LogP contribution is 2.25. The van der Waals surface area contributed by atoms with Crippen molar-refractivity contribution in [3.05, 3.63) is 58.5 Å². The van der Waals surface area contributed by atoms with Crippen molar-refractivity contribution >= 4 is 23.0 Å². The Morgan fingerprint density at radius 3 is 2.33 bits per heavy atom. The minimum Gasteiger partial charge on any atom is -0.306 e. The molecule has 1 unspecified atom stereocenters. The SMILES string of the molecule is CC(C)SNCC(C)c1ccc(-c2ccc3[nH]c(=O)[nH]c3c2)cc1. The first-order chi connectivity index (χ1) is 11.5. The summed E-state index contributed by atoms with van der Waals surface area (Å²) in [7, 11) is 0. The Morgan fingerprint density at radius 1 is 0.958 bits per heavy atom. The molecule has 24 heavy (non-hydrogen) atoms. The van der Waals surface area contributed by atoms with E-state index < -0.39 is 0 Å². The number of fused-ring (bicyclic) bond motifs is 1. The van der Waals surface area contributed by atoms with Gasteiger partial charge in [-0.15, -0.1) is 0 Å². The molecule has 0 fully saturated rings. The standard InChI is InChI=1S/C19H23N3OS/c1-12(2)24-20-11-13(3)14-4-6-15(7-5-14)16-8-9-17-18(10-16)22-19(23)21-17/h4-10,12-13,20H,11H2,1-3H3,(H2,21,22,23). The molecule has 0 spiro atoms. The quantitative estimate of drug-likeness (QED) is 0.587. The molecular formula is C19H23N3OS. The predicted octanol–water partition coefficient (Wildman–Crippen LogP) is 4.27. The first-order valence-electron chi connectivity index (χ1n) is 8.24. The van der Waals surface area contributed by atoms with Crippen LogP contribution in [-0.2, 0) is 0 Å². The van der Waals surface area contributed by atoms with Gasteiger partial charge in [0.2, 0.25) is 0 Å². The summed E-state index contributed by atoms with van der Waals surface area (Å²) in [4.78, 5) is 16.9. The van der Waals surface area contributed by atoms with Crippen LogP contribution in [0.3, 0.4) is 0 Å². The third-order valence-electron chi connectivity index (χ3n) is 4.04. The number of hydrogen-bond acceptors (Lipinski definition) is 3. The van der Waals surface area contributed by atoms with Crippen LogP contribution >= 0.6 is 11.9 Å². The van der Waals surface area contributed by atoms with Crippen molar-refractivity contribution in [2.45, 2.75) is 31.9 Å². The Morgan fingerprint density at radius 2 is 1.62 bits per heavy atom. The molecule has 0 radical (unpaired) electrons. The Hall–Kier alpha value is -1.98. The molecule has 126 valence electrons. The van der Waals surface area contributed by atoms with E-state index in [1.807, 2.05) is 18.2 Å². The molecule has 2 aromatic carbocycles. The van der Waals surface area contributed by atoms with Crippen LogP contribution in [-0.4, -0.2) is 21.8 Å². The second-order valence-corrected chi connectivity index (χ2v) is 7.84. The van der Waals surface area contributed by atoms with Crippen molar-refractivity contribution in [1.82, 2.24) is 14.7 Å². The first-order valence-corrected chi connectivity index (χ1v) is 9.12. The zero-order valence-electron chi connectivity index (χ0n) is 14.2. The van der Waals surface area contributed by atoms with Gasteiger partial charge in [-0.1, -0.05) is 63.1 Å². The van der Waals surface area contributed by atoms with Crippen LogP contribution in [0.2, 0.25) is 0 Å². The summed E-state index contributed by atoms with van der Waals surface area (Å²) in [6, 6.07) is 14.6. The van der Waals surface area contributed by atoms with Crippen LogP contribution in [0.15, 0.2) is 47.3 Å². The number of aromatic amines is 2. The molecule has 3 aromatic rings. The molecule has 0 aliphatic carbocycles. The third kappa shape index (κ3) is 3.91. The van der Waals surface area contributed by atoms with Crippen molar-refractivity contribution in [3.8, 4) is 11.1 Å². The maximum atomic E-state index is 11.4. The maximum Gasteiger partial charge on any atom is 0.323 e. The van der Waals surface area contributed by atoms with E-state index in [4.69, 9.17) is 0 Å². The average Bonchev–Trinajstić information content (AvgIpc) is 2.93. The van der Waals surface area contributed by atoms with E-state index >= 15 is 0 Å². The smallest absolute Gasteiger partial charge is 0.306 e. The second kappa shape index (κ2) is 7.28. The average molecular weight is 341 g/mol. The van der Waals surface area contributed by atoms with Crippen LogP contribution in [0.1, 0.15) is 32.3 Å². The minimum atomic E-state index is -0.168. The minimum absolute atomic E-state index is 0.168. The lowest BCUT2D eigenvalue weighted by Crippen LogP contribution is -2.15. The van der Waals surface area contributed by atoms with E-state index in [-0.39, 0.29) is 5.69 Å². The largest absolute Gasteiger partial charge is 0.323 e. The molecule has 3 rings (SSSR count). The van der Waals surface area contributed by atoms with Crippen LogP contribution in [0.5, 0.6) is 0 Å². The van der Waals surface area contributed by atoms with Gasteiger partial charge < -0.3 is 9.97 Å². The number of nitrogens with one attached hydrogen (secondary N) is 3. The zero-order chi connectivity index (χ0) is 17.1. The highest BCUT2D eigenvalue weighted by Gasteiger charge is 2.07. The van der Waals surface area contributed by atoms with E-state index in [0.29, 0.717) is 11.2 Å². The molecule has 3 N–H and O–H groups in total. The summed E-state index contributed by atoms with van der Waals surface area (Å²) in [5.74, 6) is 0.466. The molecule has 0 aliphatic rings. The number of benzene rings is 2. The Bertz CT molecular complexity index is 864. The van der Waals surface area contributed by atoms with Gasteiger partial charge in [-0.3, -0.25) is 4.72 Å². The Labute approximate surface area is 146 Å². The molecule has 0 saturated heterocycles. The molecule has 4 nitrogen and oxygen atoms in total. The van der Waals surface area contributed by atoms with Gasteiger partial charge in [0.25, 0.3) is 0 Å². The fourth-order valence-electron chi connectivity index (χ4n) is 2.67. The van der Waals surface area contributed by atoms with E-state index in [9.17, 15) is 4.79 Å². The lowest BCUT2D eigenvalue weighted by molar-refractivity contribution is 0.740. The Balaban J connectivity index is 1.74. The molecule has 0 aliphatic heterocycles. The molecule has 5 heteroatoms. The zero-order valence-corrected chi connectivity index (χ0v) is 15.0. The summed E-state index contributed by atoms with van der Waals surface area (Å²) < 4.78 is 3.43. The van der Waals surface area contributed by atoms with Gasteiger partial charge in [0.05, 0.1) is 11.0 Å². The highest BCUT2D eigenvalue weighted by atomic mass is 32.2. The van der Waals surface area contributed by atoms with Crippen molar-refractivity contribution in [1.29, 1.82) is 0 Å². The topological polar surface area (TPSA) is 60.7 Å². The maximum absolute atomic E-state index is 11.4. The summed E-state index contributed by atoms with van der Waals surface area (Å²) >= 11 is 1.78. The van der Waals surface area contributed by atoms with E-state index in [1.165, 1.54) is 5.56 Å². The summed E-state index contributed by atoms with van der Waals surface area (Å²) in [6.07, 6.45) is 0.